The molecular formula is C46H48N4. The fraction of sp³-hybridized carbons (Fsp3) is 0.326. The molecule has 6 aliphatic rings. The molecule has 1 fully saturated rings. The molecule has 0 aromatic heterocycles. The summed E-state index contributed by atoms with van der Waals surface area (Å²) in [6, 6.07) is 19.1. The second kappa shape index (κ2) is 13.8. The van der Waals surface area contributed by atoms with Crippen molar-refractivity contribution in [2.24, 2.45) is 16.8 Å². The SMILES string of the molecule is CC1CCN=C1C1=CC=CC(c2ccc(C3NC(C4=CCCC=C4)NC(C4C=CC=CC4)N3)cc2-c2ccc3c4c(ccc3c2)CCC=C4)C1. The maximum absolute atomic E-state index is 4.95. The Hall–Kier alpha value is -4.35. The Bertz CT molecular complexity index is 2050. The molecule has 3 aromatic carbocycles. The van der Waals surface area contributed by atoms with E-state index >= 15 is 0 Å². The van der Waals surface area contributed by atoms with Crippen LogP contribution >= 0.6 is 0 Å². The van der Waals surface area contributed by atoms with Crippen molar-refractivity contribution in [3.8, 4) is 11.1 Å². The van der Waals surface area contributed by atoms with Crippen LogP contribution in [-0.2, 0) is 6.42 Å². The number of aryl methyl sites for hydroxylation is 1. The number of nitrogens with zero attached hydrogens (tertiary/aromatic N) is 1. The van der Waals surface area contributed by atoms with Gasteiger partial charge in [0.15, 0.2) is 0 Å². The molecule has 0 bridgehead atoms. The van der Waals surface area contributed by atoms with Crippen molar-refractivity contribution in [1.29, 1.82) is 0 Å². The van der Waals surface area contributed by atoms with Crippen LogP contribution in [0.1, 0.15) is 79.8 Å². The average Bonchev–Trinajstić information content (AvgIpc) is 3.63. The van der Waals surface area contributed by atoms with Crippen molar-refractivity contribution in [2.45, 2.75) is 76.3 Å². The topological polar surface area (TPSA) is 48.5 Å². The highest BCUT2D eigenvalue weighted by Gasteiger charge is 2.34. The fourth-order valence-electron chi connectivity index (χ4n) is 8.92. The first kappa shape index (κ1) is 31.6. The third-order valence-electron chi connectivity index (χ3n) is 11.7. The Balaban J connectivity index is 1.12. The number of aliphatic imine (C=N–C) groups is 1. The highest BCUT2D eigenvalue weighted by Crippen LogP contribution is 2.40. The van der Waals surface area contributed by atoms with Crippen molar-refractivity contribution in [3.05, 3.63) is 149 Å². The third kappa shape index (κ3) is 6.15. The summed E-state index contributed by atoms with van der Waals surface area (Å²) in [6.07, 6.45) is 35.5. The van der Waals surface area contributed by atoms with Crippen LogP contribution < -0.4 is 16.0 Å². The molecule has 252 valence electrons. The number of hydrogen-bond acceptors (Lipinski definition) is 4. The Kier molecular flexibility index (Phi) is 8.70. The van der Waals surface area contributed by atoms with Gasteiger partial charge in [-0.15, -0.1) is 0 Å². The molecule has 1 saturated heterocycles. The summed E-state index contributed by atoms with van der Waals surface area (Å²) in [5.41, 5.74) is 12.2. The van der Waals surface area contributed by atoms with Crippen LogP contribution in [0.4, 0.5) is 0 Å². The monoisotopic (exact) mass is 656 g/mol. The zero-order valence-electron chi connectivity index (χ0n) is 29.1. The van der Waals surface area contributed by atoms with Crippen molar-refractivity contribution < 1.29 is 0 Å². The molecule has 9 rings (SSSR count). The Labute approximate surface area is 297 Å². The molecule has 0 spiro atoms. The van der Waals surface area contributed by atoms with Crippen molar-refractivity contribution in [1.82, 2.24) is 16.0 Å². The van der Waals surface area contributed by atoms with Gasteiger partial charge in [0.2, 0.25) is 0 Å². The lowest BCUT2D eigenvalue weighted by Gasteiger charge is -2.43. The molecular weight excluding hydrogens is 609 g/mol. The second-order valence-electron chi connectivity index (χ2n) is 14.9. The summed E-state index contributed by atoms with van der Waals surface area (Å²) < 4.78 is 0. The minimum absolute atomic E-state index is 0.00163. The number of hydrogen-bond donors (Lipinski definition) is 3. The van der Waals surface area contributed by atoms with Gasteiger partial charge in [-0.25, -0.2) is 0 Å². The normalized spacial score (nSPS) is 28.8. The lowest BCUT2D eigenvalue weighted by Crippen LogP contribution is -2.65. The molecule has 3 aromatic rings. The van der Waals surface area contributed by atoms with E-state index in [1.165, 1.54) is 61.0 Å². The fourth-order valence-corrected chi connectivity index (χ4v) is 8.92. The van der Waals surface area contributed by atoms with Gasteiger partial charge in [0.25, 0.3) is 0 Å². The van der Waals surface area contributed by atoms with Gasteiger partial charge < -0.3 is 0 Å². The van der Waals surface area contributed by atoms with Gasteiger partial charge in [0.05, 0.1) is 18.5 Å². The molecule has 6 atom stereocenters. The molecule has 0 radical (unpaired) electrons. The highest BCUT2D eigenvalue weighted by atomic mass is 15.4. The average molecular weight is 657 g/mol. The van der Waals surface area contributed by atoms with Gasteiger partial charge in [-0.3, -0.25) is 20.9 Å². The molecule has 4 nitrogen and oxygen atoms in total. The van der Waals surface area contributed by atoms with E-state index in [2.05, 4.69) is 144 Å². The predicted molar refractivity (Wildman–Crippen MR) is 210 cm³/mol. The Morgan fingerprint density at radius 3 is 2.60 bits per heavy atom. The van der Waals surface area contributed by atoms with Crippen molar-refractivity contribution in [3.63, 3.8) is 0 Å². The van der Waals surface area contributed by atoms with Crippen LogP contribution in [0.5, 0.6) is 0 Å². The van der Waals surface area contributed by atoms with Crippen LogP contribution in [-0.4, -0.2) is 24.6 Å². The van der Waals surface area contributed by atoms with E-state index in [4.69, 9.17) is 4.99 Å². The summed E-state index contributed by atoms with van der Waals surface area (Å²) in [5, 5.41) is 14.5. The minimum atomic E-state index is -0.00163. The highest BCUT2D eigenvalue weighted by molar-refractivity contribution is 6.03. The van der Waals surface area contributed by atoms with E-state index in [9.17, 15) is 0 Å². The molecule has 6 unspecified atom stereocenters. The first-order valence-electron chi connectivity index (χ1n) is 18.9. The van der Waals surface area contributed by atoms with Crippen LogP contribution in [0, 0.1) is 11.8 Å². The molecule has 50 heavy (non-hydrogen) atoms. The number of benzene rings is 3. The molecule has 0 saturated carbocycles. The second-order valence-corrected chi connectivity index (χ2v) is 14.9. The Morgan fingerprint density at radius 1 is 0.800 bits per heavy atom. The van der Waals surface area contributed by atoms with Crippen LogP contribution in [0.3, 0.4) is 0 Å². The van der Waals surface area contributed by atoms with Gasteiger partial charge in [-0.1, -0.05) is 116 Å². The van der Waals surface area contributed by atoms with Crippen LogP contribution in [0.2, 0.25) is 0 Å². The quantitative estimate of drug-likeness (QED) is 0.248. The Morgan fingerprint density at radius 2 is 1.74 bits per heavy atom. The zero-order valence-corrected chi connectivity index (χ0v) is 29.1. The first-order valence-corrected chi connectivity index (χ1v) is 18.9. The van der Waals surface area contributed by atoms with Crippen LogP contribution in [0.25, 0.3) is 28.0 Å². The number of rotatable bonds is 6. The maximum atomic E-state index is 4.95. The number of nitrogens with one attached hydrogen (secondary N) is 3. The largest absolute Gasteiger partial charge is 0.289 e. The minimum Gasteiger partial charge on any atom is -0.289 e. The summed E-state index contributed by atoms with van der Waals surface area (Å²) in [4.78, 5) is 4.95. The van der Waals surface area contributed by atoms with Crippen molar-refractivity contribution in [2.75, 3.05) is 6.54 Å². The summed E-state index contributed by atoms with van der Waals surface area (Å²) in [7, 11) is 0. The van der Waals surface area contributed by atoms with Gasteiger partial charge in [-0.2, -0.15) is 0 Å². The summed E-state index contributed by atoms with van der Waals surface area (Å²) in [6.45, 7) is 3.29. The zero-order chi connectivity index (χ0) is 33.4. The van der Waals surface area contributed by atoms with Gasteiger partial charge >= 0.3 is 0 Å². The number of allylic oxidation sites excluding steroid dienone is 10. The lowest BCUT2D eigenvalue weighted by atomic mass is 9.80. The molecule has 0 amide bonds. The molecule has 2 heterocycles. The van der Waals surface area contributed by atoms with Gasteiger partial charge in [0, 0.05) is 24.1 Å². The van der Waals surface area contributed by atoms with E-state index in [1.54, 1.807) is 0 Å². The molecule has 4 heteroatoms. The maximum Gasteiger partial charge on any atom is 0.0862 e. The molecule has 4 aliphatic carbocycles. The van der Waals surface area contributed by atoms with E-state index in [0.717, 1.165) is 51.5 Å². The standard InChI is InChI=1S/C46H48N4/c1-30-25-26-47-43(30)37-17-10-16-34(28-37)41-24-22-38(29-42(41)36-21-23-40-35(27-36)20-19-31-11-8-9-18-39(31)40)46-49-44(32-12-4-2-5-13-32)48-45(50-46)33-14-6-3-7-15-33/h2,4-6,9-10,12,14-24,27,29-30,32,34,44-46,48-50H,3,7-8,11,13,25-26,28H2,1H3. The molecule has 3 N–H and O–H groups in total. The predicted octanol–water partition coefficient (Wildman–Crippen LogP) is 9.76. The smallest absolute Gasteiger partial charge is 0.0862 e. The van der Waals surface area contributed by atoms with Crippen LogP contribution in [0.15, 0.2) is 132 Å². The van der Waals surface area contributed by atoms with Crippen molar-refractivity contribution >= 4 is 22.6 Å². The van der Waals surface area contributed by atoms with E-state index < -0.39 is 0 Å². The van der Waals surface area contributed by atoms with E-state index in [0.29, 0.717) is 17.8 Å². The van der Waals surface area contributed by atoms with E-state index in [1.807, 2.05) is 0 Å². The van der Waals surface area contributed by atoms with E-state index in [-0.39, 0.29) is 18.5 Å². The van der Waals surface area contributed by atoms with Gasteiger partial charge in [-0.05, 0) is 118 Å². The lowest BCUT2D eigenvalue weighted by molar-refractivity contribution is 0.188. The number of fused-ring (bicyclic) bond motifs is 3. The summed E-state index contributed by atoms with van der Waals surface area (Å²) >= 11 is 0. The molecule has 2 aliphatic heterocycles. The first-order chi connectivity index (χ1) is 24.7. The van der Waals surface area contributed by atoms with Gasteiger partial charge in [0.1, 0.15) is 0 Å². The summed E-state index contributed by atoms with van der Waals surface area (Å²) in [5.74, 6) is 1.22. The third-order valence-corrected chi connectivity index (χ3v) is 11.7.